The van der Waals surface area contributed by atoms with Gasteiger partial charge in [-0.3, -0.25) is 9.59 Å². The topological polar surface area (TPSA) is 80.1 Å². The molecule has 1 saturated heterocycles. The van der Waals surface area contributed by atoms with Crippen molar-refractivity contribution in [2.45, 2.75) is 53.2 Å². The van der Waals surface area contributed by atoms with E-state index in [1.807, 2.05) is 20.8 Å². The van der Waals surface area contributed by atoms with Crippen LogP contribution in [0.25, 0.3) is 0 Å². The summed E-state index contributed by atoms with van der Waals surface area (Å²) in [6, 6.07) is -0.499. The molecule has 1 atom stereocenters. The lowest BCUT2D eigenvalue weighted by Gasteiger charge is -2.38. The molecule has 1 aromatic heterocycles. The van der Waals surface area contributed by atoms with Crippen LogP contribution in [-0.2, 0) is 22.7 Å². The Bertz CT molecular complexity index is 532. The van der Waals surface area contributed by atoms with E-state index in [4.69, 9.17) is 0 Å². The van der Waals surface area contributed by atoms with Crippen LogP contribution in [-0.4, -0.2) is 44.1 Å². The summed E-state index contributed by atoms with van der Waals surface area (Å²) in [6.45, 7) is 9.03. The van der Waals surface area contributed by atoms with E-state index in [0.717, 1.165) is 13.0 Å². The first-order valence-corrected chi connectivity index (χ1v) is 7.27. The molecule has 1 aliphatic rings. The number of aromatic nitrogens is 3. The highest BCUT2D eigenvalue weighted by atomic mass is 16.2. The fourth-order valence-corrected chi connectivity index (χ4v) is 2.40. The van der Waals surface area contributed by atoms with Gasteiger partial charge in [-0.2, -0.15) is 5.10 Å². The van der Waals surface area contributed by atoms with Crippen LogP contribution in [0.5, 0.6) is 0 Å². The highest BCUT2D eigenvalue weighted by molar-refractivity contribution is 5.95. The fraction of sp³-hybridized carbons (Fsp3) is 0.714. The highest BCUT2D eigenvalue weighted by Gasteiger charge is 2.40. The first kappa shape index (κ1) is 15.5. The molecule has 0 bridgehead atoms. The average molecular weight is 293 g/mol. The maximum Gasteiger partial charge on any atom is 0.246 e. The Kier molecular flexibility index (Phi) is 4.29. The predicted molar refractivity (Wildman–Crippen MR) is 77.1 cm³/mol. The van der Waals surface area contributed by atoms with E-state index in [-0.39, 0.29) is 23.8 Å². The van der Waals surface area contributed by atoms with Gasteiger partial charge in [0, 0.05) is 6.54 Å². The maximum atomic E-state index is 12.6. The fourth-order valence-electron chi connectivity index (χ4n) is 2.40. The van der Waals surface area contributed by atoms with Crippen molar-refractivity contribution < 1.29 is 9.59 Å². The monoisotopic (exact) mass is 293 g/mol. The minimum Gasteiger partial charge on any atom is -0.342 e. The second-order valence-corrected chi connectivity index (χ2v) is 6.46. The number of rotatable bonds is 4. The molecule has 0 radical (unpaired) electrons. The molecule has 1 N–H and O–H groups in total. The smallest absolute Gasteiger partial charge is 0.246 e. The minimum absolute atomic E-state index is 0.0619. The van der Waals surface area contributed by atoms with Gasteiger partial charge in [0.25, 0.3) is 0 Å². The Balaban J connectivity index is 2.16. The Morgan fingerprint density at radius 1 is 1.38 bits per heavy atom. The molecule has 7 nitrogen and oxygen atoms in total. The van der Waals surface area contributed by atoms with Crippen LogP contribution < -0.4 is 5.32 Å². The van der Waals surface area contributed by atoms with Crippen molar-refractivity contribution >= 4 is 11.8 Å². The highest BCUT2D eigenvalue weighted by Crippen LogP contribution is 2.23. The number of hydrogen-bond acceptors (Lipinski definition) is 4. The summed E-state index contributed by atoms with van der Waals surface area (Å²) >= 11 is 0. The molecule has 0 aliphatic carbocycles. The van der Waals surface area contributed by atoms with Crippen molar-refractivity contribution in [3.63, 3.8) is 0 Å². The summed E-state index contributed by atoms with van der Waals surface area (Å²) in [7, 11) is 0. The van der Waals surface area contributed by atoms with Crippen LogP contribution in [0, 0.1) is 5.41 Å². The van der Waals surface area contributed by atoms with Crippen LogP contribution in [0.2, 0.25) is 0 Å². The van der Waals surface area contributed by atoms with Crippen molar-refractivity contribution in [3.05, 3.63) is 12.2 Å². The number of nitrogens with one attached hydrogen (secondary N) is 1. The zero-order valence-electron chi connectivity index (χ0n) is 13.1. The number of amides is 2. The van der Waals surface area contributed by atoms with Crippen molar-refractivity contribution in [1.82, 2.24) is 25.0 Å². The average Bonchev–Trinajstić information content (AvgIpc) is 2.80. The van der Waals surface area contributed by atoms with Gasteiger partial charge < -0.3 is 10.2 Å². The standard InChI is InChI=1S/C14H23N5O2/c1-5-6-19-10(15-9-16-19)7-18-8-11(20)17-12(13(18)21)14(2,3)4/h9,12H,5-8H2,1-4H3,(H,17,20). The molecule has 2 amide bonds. The van der Waals surface area contributed by atoms with E-state index in [2.05, 4.69) is 22.3 Å². The molecule has 2 rings (SSSR count). The third-order valence-corrected chi connectivity index (χ3v) is 3.53. The van der Waals surface area contributed by atoms with Gasteiger partial charge in [-0.05, 0) is 11.8 Å². The van der Waals surface area contributed by atoms with Crippen LogP contribution in [0.3, 0.4) is 0 Å². The number of carbonyl (C=O) groups is 2. The third-order valence-electron chi connectivity index (χ3n) is 3.53. The summed E-state index contributed by atoms with van der Waals surface area (Å²) in [4.78, 5) is 30.2. The molecular formula is C14H23N5O2. The Labute approximate surface area is 124 Å². The predicted octanol–water partition coefficient (Wildman–Crippen LogP) is 0.561. The molecule has 1 aliphatic heterocycles. The van der Waals surface area contributed by atoms with Gasteiger partial charge in [0.1, 0.15) is 24.7 Å². The Morgan fingerprint density at radius 3 is 2.71 bits per heavy atom. The van der Waals surface area contributed by atoms with Gasteiger partial charge in [0.2, 0.25) is 11.8 Å². The molecule has 2 heterocycles. The number of piperazine rings is 1. The summed E-state index contributed by atoms with van der Waals surface area (Å²) < 4.78 is 1.78. The van der Waals surface area contributed by atoms with Crippen molar-refractivity contribution in [2.75, 3.05) is 6.54 Å². The van der Waals surface area contributed by atoms with Gasteiger partial charge in [0.15, 0.2) is 0 Å². The molecule has 0 saturated carbocycles. The van der Waals surface area contributed by atoms with Gasteiger partial charge in [-0.1, -0.05) is 27.7 Å². The molecular weight excluding hydrogens is 270 g/mol. The molecule has 21 heavy (non-hydrogen) atoms. The van der Waals surface area contributed by atoms with Gasteiger partial charge in [-0.15, -0.1) is 0 Å². The van der Waals surface area contributed by atoms with E-state index < -0.39 is 6.04 Å². The van der Waals surface area contributed by atoms with Gasteiger partial charge in [0.05, 0.1) is 6.54 Å². The molecule has 0 spiro atoms. The van der Waals surface area contributed by atoms with Gasteiger partial charge in [-0.25, -0.2) is 9.67 Å². The van der Waals surface area contributed by atoms with Crippen LogP contribution >= 0.6 is 0 Å². The summed E-state index contributed by atoms with van der Waals surface area (Å²) in [5, 5.41) is 6.93. The maximum absolute atomic E-state index is 12.6. The largest absolute Gasteiger partial charge is 0.342 e. The molecule has 116 valence electrons. The van der Waals surface area contributed by atoms with Crippen LogP contribution in [0.15, 0.2) is 6.33 Å². The van der Waals surface area contributed by atoms with Crippen molar-refractivity contribution in [3.8, 4) is 0 Å². The SMILES string of the molecule is CCCn1ncnc1CN1CC(=O)NC(C(C)(C)C)C1=O. The molecule has 0 aromatic carbocycles. The molecule has 7 heteroatoms. The van der Waals surface area contributed by atoms with Crippen LogP contribution in [0.1, 0.15) is 39.9 Å². The lowest BCUT2D eigenvalue weighted by atomic mass is 9.85. The second kappa shape index (κ2) is 5.83. The third kappa shape index (κ3) is 3.40. The van der Waals surface area contributed by atoms with E-state index in [1.54, 1.807) is 9.58 Å². The number of carbonyl (C=O) groups excluding carboxylic acids is 2. The van der Waals surface area contributed by atoms with Crippen molar-refractivity contribution in [1.29, 1.82) is 0 Å². The summed E-state index contributed by atoms with van der Waals surface area (Å²) in [5.74, 6) is 0.525. The lowest BCUT2D eigenvalue weighted by Crippen LogP contribution is -2.62. The summed E-state index contributed by atoms with van der Waals surface area (Å²) in [5.41, 5.74) is -0.317. The zero-order valence-corrected chi connectivity index (χ0v) is 13.1. The first-order valence-electron chi connectivity index (χ1n) is 7.27. The quantitative estimate of drug-likeness (QED) is 0.879. The summed E-state index contributed by atoms with van der Waals surface area (Å²) in [6.07, 6.45) is 2.43. The van der Waals surface area contributed by atoms with E-state index >= 15 is 0 Å². The minimum atomic E-state index is -0.499. The zero-order chi connectivity index (χ0) is 15.6. The van der Waals surface area contributed by atoms with Crippen LogP contribution in [0.4, 0.5) is 0 Å². The lowest BCUT2D eigenvalue weighted by molar-refractivity contribution is -0.148. The van der Waals surface area contributed by atoms with Gasteiger partial charge >= 0.3 is 0 Å². The second-order valence-electron chi connectivity index (χ2n) is 6.46. The number of hydrogen-bond donors (Lipinski definition) is 1. The molecule has 1 unspecified atom stereocenters. The first-order chi connectivity index (χ1) is 9.82. The van der Waals surface area contributed by atoms with E-state index in [1.165, 1.54) is 6.33 Å². The van der Waals surface area contributed by atoms with Crippen molar-refractivity contribution in [2.24, 2.45) is 5.41 Å². The molecule has 1 aromatic rings. The Hall–Kier alpha value is -1.92. The number of aryl methyl sites for hydroxylation is 1. The number of nitrogens with zero attached hydrogens (tertiary/aromatic N) is 4. The van der Waals surface area contributed by atoms with E-state index in [9.17, 15) is 9.59 Å². The normalized spacial score (nSPS) is 19.8. The van der Waals surface area contributed by atoms with E-state index in [0.29, 0.717) is 12.4 Å². The molecule has 1 fully saturated rings. The Morgan fingerprint density at radius 2 is 2.10 bits per heavy atom.